The van der Waals surface area contributed by atoms with E-state index < -0.39 is 30.1 Å². The Morgan fingerprint density at radius 2 is 1.41 bits per heavy atom. The van der Waals surface area contributed by atoms with Crippen LogP contribution >= 0.6 is 0 Å². The summed E-state index contributed by atoms with van der Waals surface area (Å²) in [5.74, 6) is -1.62. The molecule has 0 fully saturated rings. The molecule has 1 aliphatic carbocycles. The summed E-state index contributed by atoms with van der Waals surface area (Å²) in [6.45, 7) is 1.67. The van der Waals surface area contributed by atoms with Gasteiger partial charge in [-0.25, -0.2) is 4.79 Å². The topological polar surface area (TPSA) is 105 Å². The maximum atomic E-state index is 12.7. The van der Waals surface area contributed by atoms with E-state index in [1.807, 2.05) is 42.5 Å². The number of ether oxygens (including phenoxy) is 1. The van der Waals surface area contributed by atoms with Crippen molar-refractivity contribution in [3.63, 3.8) is 0 Å². The third-order valence-corrected chi connectivity index (χ3v) is 5.97. The fraction of sp³-hybridized carbons (Fsp3) is 0.222. The maximum absolute atomic E-state index is 12.7. The predicted octanol–water partition coefficient (Wildman–Crippen LogP) is 4.25. The Labute approximate surface area is 197 Å². The van der Waals surface area contributed by atoms with Crippen molar-refractivity contribution in [1.82, 2.24) is 10.6 Å². The van der Waals surface area contributed by atoms with Crippen LogP contribution in [0.25, 0.3) is 11.1 Å². The lowest BCUT2D eigenvalue weighted by molar-refractivity contribution is -0.137. The van der Waals surface area contributed by atoms with Crippen molar-refractivity contribution in [1.29, 1.82) is 0 Å². The highest BCUT2D eigenvalue weighted by Gasteiger charge is 2.29. The lowest BCUT2D eigenvalue weighted by Gasteiger charge is -2.21. The summed E-state index contributed by atoms with van der Waals surface area (Å²) in [7, 11) is 0. The van der Waals surface area contributed by atoms with Gasteiger partial charge in [0.2, 0.25) is 5.91 Å². The Bertz CT molecular complexity index is 1150. The molecule has 0 spiro atoms. The van der Waals surface area contributed by atoms with E-state index in [0.717, 1.165) is 22.3 Å². The van der Waals surface area contributed by atoms with Crippen LogP contribution in [0.15, 0.2) is 78.9 Å². The van der Waals surface area contributed by atoms with Gasteiger partial charge in [-0.1, -0.05) is 78.9 Å². The highest BCUT2D eigenvalue weighted by molar-refractivity contribution is 5.86. The number of carboxylic acids is 1. The van der Waals surface area contributed by atoms with E-state index >= 15 is 0 Å². The Kier molecular flexibility index (Phi) is 6.92. The van der Waals surface area contributed by atoms with Crippen LogP contribution in [-0.2, 0) is 14.3 Å². The number of hydrogen-bond donors (Lipinski definition) is 3. The zero-order valence-electron chi connectivity index (χ0n) is 18.7. The summed E-state index contributed by atoms with van der Waals surface area (Å²) in [5, 5.41) is 14.5. The van der Waals surface area contributed by atoms with Crippen molar-refractivity contribution in [3.05, 3.63) is 95.6 Å². The van der Waals surface area contributed by atoms with Crippen LogP contribution in [0.2, 0.25) is 0 Å². The number of nitrogens with one attached hydrogen (secondary N) is 2. The van der Waals surface area contributed by atoms with Crippen LogP contribution in [0.3, 0.4) is 0 Å². The van der Waals surface area contributed by atoms with Gasteiger partial charge in [0.15, 0.2) is 0 Å². The molecule has 7 heteroatoms. The van der Waals surface area contributed by atoms with Crippen LogP contribution in [0.5, 0.6) is 0 Å². The summed E-state index contributed by atoms with van der Waals surface area (Å²) in [5.41, 5.74) is 5.13. The van der Waals surface area contributed by atoms with E-state index in [-0.39, 0.29) is 18.9 Å². The molecule has 1 aliphatic rings. The molecule has 2 amide bonds. The van der Waals surface area contributed by atoms with Gasteiger partial charge < -0.3 is 20.5 Å². The van der Waals surface area contributed by atoms with Gasteiger partial charge in [0.05, 0.1) is 12.5 Å². The number of rotatable bonds is 8. The van der Waals surface area contributed by atoms with E-state index in [1.54, 1.807) is 24.3 Å². The number of alkyl carbamates (subject to hydrolysis) is 1. The lowest BCUT2D eigenvalue weighted by atomic mass is 9.98. The van der Waals surface area contributed by atoms with Crippen molar-refractivity contribution in [2.24, 2.45) is 0 Å². The summed E-state index contributed by atoms with van der Waals surface area (Å²) < 4.78 is 5.49. The Balaban J connectivity index is 1.36. The van der Waals surface area contributed by atoms with Gasteiger partial charge in [0.25, 0.3) is 0 Å². The van der Waals surface area contributed by atoms with Crippen LogP contribution in [-0.4, -0.2) is 35.7 Å². The second-order valence-corrected chi connectivity index (χ2v) is 8.26. The minimum Gasteiger partial charge on any atom is -0.481 e. The van der Waals surface area contributed by atoms with Gasteiger partial charge in [-0.2, -0.15) is 0 Å². The Hall–Kier alpha value is -4.13. The summed E-state index contributed by atoms with van der Waals surface area (Å²) in [6, 6.07) is 23.3. The molecule has 34 heavy (non-hydrogen) atoms. The first-order valence-electron chi connectivity index (χ1n) is 11.1. The van der Waals surface area contributed by atoms with E-state index in [1.165, 1.54) is 6.92 Å². The minimum atomic E-state index is -1.04. The molecule has 3 aromatic carbocycles. The standard InChI is InChI=1S/C27H26N2O5/c1-17(26(32)29-24(15-25(30)31)18-9-3-2-4-10-18)28-27(33)34-16-23-21-13-7-5-11-19(21)20-12-6-8-14-22(20)23/h2-14,17,23-24H,15-16H2,1H3,(H,28,33)(H,29,32)(H,30,31). The second-order valence-electron chi connectivity index (χ2n) is 8.26. The van der Waals surface area contributed by atoms with Crippen LogP contribution in [0.4, 0.5) is 4.79 Å². The number of benzene rings is 3. The average Bonchev–Trinajstić information content (AvgIpc) is 3.16. The van der Waals surface area contributed by atoms with E-state index in [0.29, 0.717) is 5.56 Å². The molecule has 0 heterocycles. The van der Waals surface area contributed by atoms with Crippen molar-refractivity contribution in [2.75, 3.05) is 6.61 Å². The highest BCUT2D eigenvalue weighted by Crippen LogP contribution is 2.44. The Morgan fingerprint density at radius 1 is 0.853 bits per heavy atom. The van der Waals surface area contributed by atoms with E-state index in [9.17, 15) is 19.5 Å². The van der Waals surface area contributed by atoms with Crippen molar-refractivity contribution >= 4 is 18.0 Å². The number of fused-ring (bicyclic) bond motifs is 3. The number of carboxylic acid groups (broad SMARTS) is 1. The van der Waals surface area contributed by atoms with Crippen LogP contribution in [0, 0.1) is 0 Å². The second kappa shape index (κ2) is 10.2. The van der Waals surface area contributed by atoms with Crippen molar-refractivity contribution < 1.29 is 24.2 Å². The number of hydrogen-bond acceptors (Lipinski definition) is 4. The zero-order chi connectivity index (χ0) is 24.1. The number of aliphatic carboxylic acids is 1. The molecule has 4 rings (SSSR count). The molecule has 2 atom stereocenters. The van der Waals surface area contributed by atoms with Gasteiger partial charge >= 0.3 is 12.1 Å². The quantitative estimate of drug-likeness (QED) is 0.468. The van der Waals surface area contributed by atoms with Crippen molar-refractivity contribution in [2.45, 2.75) is 31.3 Å². The van der Waals surface area contributed by atoms with E-state index in [2.05, 4.69) is 22.8 Å². The molecule has 0 aliphatic heterocycles. The lowest BCUT2D eigenvalue weighted by Crippen LogP contribution is -2.46. The molecule has 0 saturated carbocycles. The molecular weight excluding hydrogens is 432 g/mol. The van der Waals surface area contributed by atoms with E-state index in [4.69, 9.17) is 4.74 Å². The van der Waals surface area contributed by atoms with Gasteiger partial charge in [-0.15, -0.1) is 0 Å². The largest absolute Gasteiger partial charge is 0.481 e. The first-order chi connectivity index (χ1) is 16.4. The molecule has 0 saturated heterocycles. The molecule has 0 aromatic heterocycles. The maximum Gasteiger partial charge on any atom is 0.407 e. The molecular formula is C27H26N2O5. The molecule has 3 aromatic rings. The molecule has 3 N–H and O–H groups in total. The molecule has 0 bridgehead atoms. The smallest absolute Gasteiger partial charge is 0.407 e. The molecule has 7 nitrogen and oxygen atoms in total. The molecule has 2 unspecified atom stereocenters. The summed E-state index contributed by atoms with van der Waals surface area (Å²) in [4.78, 5) is 36.4. The molecule has 174 valence electrons. The predicted molar refractivity (Wildman–Crippen MR) is 127 cm³/mol. The third kappa shape index (κ3) is 5.09. The number of amides is 2. The van der Waals surface area contributed by atoms with Gasteiger partial charge in [0.1, 0.15) is 12.6 Å². The normalized spacial score (nSPS) is 13.8. The zero-order valence-corrected chi connectivity index (χ0v) is 18.7. The highest BCUT2D eigenvalue weighted by atomic mass is 16.5. The minimum absolute atomic E-state index is 0.0830. The summed E-state index contributed by atoms with van der Waals surface area (Å²) in [6.07, 6.45) is -0.980. The van der Waals surface area contributed by atoms with Gasteiger partial charge in [-0.05, 0) is 34.7 Å². The van der Waals surface area contributed by atoms with Crippen molar-refractivity contribution in [3.8, 4) is 11.1 Å². The van der Waals surface area contributed by atoms with Gasteiger partial charge in [0, 0.05) is 5.92 Å². The van der Waals surface area contributed by atoms with Crippen LogP contribution < -0.4 is 10.6 Å². The molecule has 0 radical (unpaired) electrons. The third-order valence-electron chi connectivity index (χ3n) is 5.97. The SMILES string of the molecule is CC(NC(=O)OCC1c2ccccc2-c2ccccc21)C(=O)NC(CC(=O)O)c1ccccc1. The summed E-state index contributed by atoms with van der Waals surface area (Å²) >= 11 is 0. The fourth-order valence-electron chi connectivity index (χ4n) is 4.29. The number of carbonyl (C=O) groups is 3. The average molecular weight is 459 g/mol. The van der Waals surface area contributed by atoms with Gasteiger partial charge in [-0.3, -0.25) is 9.59 Å². The van der Waals surface area contributed by atoms with Crippen LogP contribution in [0.1, 0.15) is 42.0 Å². The number of carbonyl (C=O) groups excluding carboxylic acids is 2. The first-order valence-corrected chi connectivity index (χ1v) is 11.1. The monoisotopic (exact) mass is 458 g/mol. The fourth-order valence-corrected chi connectivity index (χ4v) is 4.29. The first kappa shape index (κ1) is 23.0. The Morgan fingerprint density at radius 3 is 2.00 bits per heavy atom.